The molecule has 2 aromatic carbocycles. The second kappa shape index (κ2) is 7.07. The molecule has 0 aliphatic carbocycles. The van der Waals surface area contributed by atoms with E-state index in [1.165, 1.54) is 12.8 Å². The number of carbonyl (C=O) groups is 1. The minimum atomic E-state index is -0.103. The number of nitrogens with zero attached hydrogens (tertiary/aromatic N) is 2. The van der Waals surface area contributed by atoms with Gasteiger partial charge in [-0.05, 0) is 37.1 Å². The van der Waals surface area contributed by atoms with Gasteiger partial charge in [-0.2, -0.15) is 0 Å². The van der Waals surface area contributed by atoms with E-state index in [1.807, 2.05) is 54.6 Å². The van der Waals surface area contributed by atoms with Crippen LogP contribution in [0.5, 0.6) is 0 Å². The van der Waals surface area contributed by atoms with E-state index in [-0.39, 0.29) is 5.91 Å². The van der Waals surface area contributed by atoms with Crippen molar-refractivity contribution >= 4 is 28.1 Å². The van der Waals surface area contributed by atoms with Gasteiger partial charge < -0.3 is 10.2 Å². The van der Waals surface area contributed by atoms with E-state index < -0.39 is 0 Å². The van der Waals surface area contributed by atoms with E-state index in [9.17, 15) is 4.79 Å². The minimum absolute atomic E-state index is 0.103. The molecule has 4 rings (SSSR count). The highest BCUT2D eigenvalue weighted by Crippen LogP contribution is 2.30. The molecule has 4 nitrogen and oxygen atoms in total. The molecule has 0 bridgehead atoms. The fourth-order valence-corrected chi connectivity index (χ4v) is 3.89. The van der Waals surface area contributed by atoms with Gasteiger partial charge in [0.2, 0.25) is 0 Å². The predicted molar refractivity (Wildman–Crippen MR) is 103 cm³/mol. The molecule has 1 aliphatic rings. The fourth-order valence-electron chi connectivity index (χ4n) is 3.00. The van der Waals surface area contributed by atoms with Crippen molar-refractivity contribution in [2.24, 2.45) is 0 Å². The first-order valence-electron chi connectivity index (χ1n) is 8.47. The molecule has 0 atom stereocenters. The highest BCUT2D eigenvalue weighted by molar-refractivity contribution is 7.14. The molecular weight excluding hydrogens is 330 g/mol. The summed E-state index contributed by atoms with van der Waals surface area (Å²) in [4.78, 5) is 19.4. The second-order valence-corrected chi connectivity index (χ2v) is 6.95. The Labute approximate surface area is 151 Å². The molecule has 25 heavy (non-hydrogen) atoms. The Morgan fingerprint density at radius 2 is 1.84 bits per heavy atom. The average Bonchev–Trinajstić information content (AvgIpc) is 3.34. The van der Waals surface area contributed by atoms with E-state index >= 15 is 0 Å². The molecule has 126 valence electrons. The van der Waals surface area contributed by atoms with Crippen LogP contribution in [0.3, 0.4) is 0 Å². The summed E-state index contributed by atoms with van der Waals surface area (Å²) in [6.45, 7) is 2.19. The molecule has 0 saturated carbocycles. The van der Waals surface area contributed by atoms with Crippen LogP contribution in [0.2, 0.25) is 0 Å². The highest BCUT2D eigenvalue weighted by Gasteiger charge is 2.16. The zero-order valence-electron chi connectivity index (χ0n) is 13.8. The molecule has 1 fully saturated rings. The Bertz CT molecular complexity index is 869. The summed E-state index contributed by atoms with van der Waals surface area (Å²) < 4.78 is 0. The molecule has 2 heterocycles. The Morgan fingerprint density at radius 1 is 1.04 bits per heavy atom. The quantitative estimate of drug-likeness (QED) is 0.745. The summed E-state index contributed by atoms with van der Waals surface area (Å²) in [5.74, 6) is -0.103. The second-order valence-electron chi connectivity index (χ2n) is 6.11. The Balaban J connectivity index is 1.52. The summed E-state index contributed by atoms with van der Waals surface area (Å²) >= 11 is 1.69. The van der Waals surface area contributed by atoms with Crippen LogP contribution in [0.4, 0.5) is 10.8 Å². The number of aromatic nitrogens is 1. The molecule has 1 amide bonds. The van der Waals surface area contributed by atoms with Gasteiger partial charge in [0.05, 0.1) is 5.69 Å². The lowest BCUT2D eigenvalue weighted by molar-refractivity contribution is 0.102. The van der Waals surface area contributed by atoms with Crippen molar-refractivity contribution in [3.05, 3.63) is 65.5 Å². The molecule has 1 aliphatic heterocycles. The van der Waals surface area contributed by atoms with Crippen molar-refractivity contribution in [1.29, 1.82) is 0 Å². The Morgan fingerprint density at radius 3 is 2.64 bits per heavy atom. The van der Waals surface area contributed by atoms with Gasteiger partial charge in [-0.1, -0.05) is 30.3 Å². The standard InChI is InChI=1S/C20H19N3OS/c24-19(15-7-2-1-3-8-15)21-17-10-6-9-16(13-17)18-14-25-20(22-18)23-11-4-5-12-23/h1-3,6-10,13-14H,4-5,11-12H2,(H,21,24). The monoisotopic (exact) mass is 349 g/mol. The largest absolute Gasteiger partial charge is 0.348 e. The van der Waals surface area contributed by atoms with Gasteiger partial charge in [-0.15, -0.1) is 11.3 Å². The molecule has 1 aromatic heterocycles. The Hall–Kier alpha value is -2.66. The van der Waals surface area contributed by atoms with Crippen LogP contribution < -0.4 is 10.2 Å². The number of benzene rings is 2. The van der Waals surface area contributed by atoms with Gasteiger partial charge in [0.1, 0.15) is 0 Å². The topological polar surface area (TPSA) is 45.2 Å². The first kappa shape index (κ1) is 15.8. The zero-order valence-corrected chi connectivity index (χ0v) is 14.6. The number of hydrogen-bond donors (Lipinski definition) is 1. The molecule has 0 unspecified atom stereocenters. The summed E-state index contributed by atoms with van der Waals surface area (Å²) in [5.41, 5.74) is 3.41. The first-order chi connectivity index (χ1) is 12.3. The first-order valence-corrected chi connectivity index (χ1v) is 9.35. The van der Waals surface area contributed by atoms with Crippen molar-refractivity contribution in [2.45, 2.75) is 12.8 Å². The van der Waals surface area contributed by atoms with Crippen molar-refractivity contribution in [3.8, 4) is 11.3 Å². The van der Waals surface area contributed by atoms with Crippen molar-refractivity contribution < 1.29 is 4.79 Å². The zero-order chi connectivity index (χ0) is 17.1. The summed E-state index contributed by atoms with van der Waals surface area (Å²) in [6.07, 6.45) is 2.49. The maximum absolute atomic E-state index is 12.3. The van der Waals surface area contributed by atoms with Gasteiger partial charge in [-0.3, -0.25) is 4.79 Å². The van der Waals surface area contributed by atoms with Gasteiger partial charge >= 0.3 is 0 Å². The van der Waals surface area contributed by atoms with Gasteiger partial charge in [0.25, 0.3) is 5.91 Å². The van der Waals surface area contributed by atoms with Crippen LogP contribution >= 0.6 is 11.3 Å². The summed E-state index contributed by atoms with van der Waals surface area (Å²) in [7, 11) is 0. The Kier molecular flexibility index (Phi) is 4.48. The molecule has 1 N–H and O–H groups in total. The minimum Gasteiger partial charge on any atom is -0.348 e. The molecule has 5 heteroatoms. The van der Waals surface area contributed by atoms with Crippen molar-refractivity contribution in [2.75, 3.05) is 23.3 Å². The lowest BCUT2D eigenvalue weighted by Gasteiger charge is -2.12. The third kappa shape index (κ3) is 3.56. The molecular formula is C20H19N3OS. The van der Waals surface area contributed by atoms with Crippen LogP contribution in [0.15, 0.2) is 60.0 Å². The highest BCUT2D eigenvalue weighted by atomic mass is 32.1. The third-order valence-electron chi connectivity index (χ3n) is 4.32. The van der Waals surface area contributed by atoms with Gasteiger partial charge in [0.15, 0.2) is 5.13 Å². The van der Waals surface area contributed by atoms with Crippen LogP contribution in [-0.2, 0) is 0 Å². The van der Waals surface area contributed by atoms with Crippen LogP contribution in [-0.4, -0.2) is 24.0 Å². The molecule has 0 radical (unpaired) electrons. The SMILES string of the molecule is O=C(Nc1cccc(-c2csc(N3CCCC3)n2)c1)c1ccccc1. The lowest BCUT2D eigenvalue weighted by Crippen LogP contribution is -2.17. The number of amides is 1. The maximum atomic E-state index is 12.3. The predicted octanol–water partition coefficient (Wildman–Crippen LogP) is 4.66. The van der Waals surface area contributed by atoms with E-state index in [4.69, 9.17) is 4.98 Å². The van der Waals surface area contributed by atoms with Crippen LogP contribution in [0.25, 0.3) is 11.3 Å². The smallest absolute Gasteiger partial charge is 0.255 e. The third-order valence-corrected chi connectivity index (χ3v) is 5.22. The van der Waals surface area contributed by atoms with Crippen molar-refractivity contribution in [3.63, 3.8) is 0 Å². The number of nitrogens with one attached hydrogen (secondary N) is 1. The molecule has 1 saturated heterocycles. The lowest BCUT2D eigenvalue weighted by atomic mass is 10.1. The normalized spacial score (nSPS) is 13.8. The van der Waals surface area contributed by atoms with Crippen LogP contribution in [0.1, 0.15) is 23.2 Å². The molecule has 3 aromatic rings. The van der Waals surface area contributed by atoms with E-state index in [1.54, 1.807) is 11.3 Å². The number of thiazole rings is 1. The summed E-state index contributed by atoms with van der Waals surface area (Å²) in [6, 6.07) is 17.1. The average molecular weight is 349 g/mol. The van der Waals surface area contributed by atoms with Crippen molar-refractivity contribution in [1.82, 2.24) is 4.98 Å². The maximum Gasteiger partial charge on any atom is 0.255 e. The fraction of sp³-hybridized carbons (Fsp3) is 0.200. The van der Waals surface area contributed by atoms with E-state index in [0.29, 0.717) is 5.56 Å². The number of rotatable bonds is 4. The summed E-state index contributed by atoms with van der Waals surface area (Å²) in [5, 5.41) is 6.13. The van der Waals surface area contributed by atoms with Crippen LogP contribution in [0, 0.1) is 0 Å². The number of anilines is 2. The van der Waals surface area contributed by atoms with E-state index in [2.05, 4.69) is 15.6 Å². The van der Waals surface area contributed by atoms with Gasteiger partial charge in [0, 0.05) is 35.3 Å². The molecule has 0 spiro atoms. The van der Waals surface area contributed by atoms with Gasteiger partial charge in [-0.25, -0.2) is 4.98 Å². The number of hydrogen-bond acceptors (Lipinski definition) is 4. The van der Waals surface area contributed by atoms with E-state index in [0.717, 1.165) is 35.2 Å². The number of carbonyl (C=O) groups excluding carboxylic acids is 1.